The van der Waals surface area contributed by atoms with Crippen molar-refractivity contribution in [2.24, 2.45) is 0 Å². The topological polar surface area (TPSA) is 37.3 Å². The van der Waals surface area contributed by atoms with Crippen LogP contribution in [0.25, 0.3) is 0 Å². The van der Waals surface area contributed by atoms with Crippen LogP contribution in [0.2, 0.25) is 0 Å². The summed E-state index contributed by atoms with van der Waals surface area (Å²) >= 11 is 4.82. The van der Waals surface area contributed by atoms with Crippen LogP contribution in [0, 0.1) is 0 Å². The van der Waals surface area contributed by atoms with E-state index in [-0.39, 0.29) is 22.1 Å². The van der Waals surface area contributed by atoms with Crippen molar-refractivity contribution < 1.29 is 27.0 Å². The predicted octanol–water partition coefficient (Wildman–Crippen LogP) is 0.821. The molecule has 0 unspecified atom stereocenters. The first-order chi connectivity index (χ1) is 2.64. The Balaban J connectivity index is 0. The molecule has 4 heteroatoms. The molecule has 0 aliphatic heterocycles. The molecule has 1 radical (unpaired) electrons. The summed E-state index contributed by atoms with van der Waals surface area (Å²) in [7, 11) is 0. The number of aliphatic carboxylic acids is 1. The van der Waals surface area contributed by atoms with Crippen LogP contribution in [0.4, 0.5) is 0 Å². The van der Waals surface area contributed by atoms with Gasteiger partial charge >= 0.3 is 5.97 Å². The van der Waals surface area contributed by atoms with Crippen molar-refractivity contribution in [1.82, 2.24) is 0 Å². The Labute approximate surface area is 56.6 Å². The molecule has 0 aromatic heterocycles. The summed E-state index contributed by atoms with van der Waals surface area (Å²) in [6, 6.07) is 0. The quantitative estimate of drug-likeness (QED) is 0.467. The fourth-order valence-corrected chi connectivity index (χ4v) is 0. The van der Waals surface area contributed by atoms with E-state index in [4.69, 9.17) is 16.7 Å². The Morgan fingerprint density at radius 2 is 1.86 bits per heavy atom. The molecule has 0 spiro atoms. The third-order valence-corrected chi connectivity index (χ3v) is 0.394. The Kier molecular flexibility index (Phi) is 6.04. The molecule has 0 aromatic rings. The Morgan fingerprint density at radius 3 is 1.86 bits per heavy atom. The fraction of sp³-hybridized carbons (Fsp3) is 0. The van der Waals surface area contributed by atoms with Gasteiger partial charge in [-0.1, -0.05) is 18.2 Å². The van der Waals surface area contributed by atoms with Crippen molar-refractivity contribution in [3.8, 4) is 0 Å². The molecule has 0 aliphatic rings. The zero-order chi connectivity index (χ0) is 5.15. The molecule has 45 valence electrons. The number of carboxylic acid groups (broad SMARTS) is 1. The molecular formula is C3H3ClCuO2. The molecule has 0 heterocycles. The number of halogens is 1. The van der Waals surface area contributed by atoms with Gasteiger partial charge in [0.15, 0.2) is 0 Å². The maximum absolute atomic E-state index is 9.47. The second-order valence-corrected chi connectivity index (χ2v) is 1.17. The van der Waals surface area contributed by atoms with Crippen LogP contribution in [0.5, 0.6) is 0 Å². The van der Waals surface area contributed by atoms with Gasteiger partial charge in [0.2, 0.25) is 0 Å². The van der Waals surface area contributed by atoms with Crippen LogP contribution in [0.15, 0.2) is 11.6 Å². The number of hydrogen-bond acceptors (Lipinski definition) is 1. The van der Waals surface area contributed by atoms with Gasteiger partial charge in [-0.3, -0.25) is 0 Å². The summed E-state index contributed by atoms with van der Waals surface area (Å²) in [4.78, 5) is 9.47. The van der Waals surface area contributed by atoms with Crippen molar-refractivity contribution in [2.45, 2.75) is 0 Å². The summed E-state index contributed by atoms with van der Waals surface area (Å²) in [5.41, 5.74) is 0. The predicted molar refractivity (Wildman–Crippen MR) is 22.6 cm³/mol. The van der Waals surface area contributed by atoms with Gasteiger partial charge in [-0.25, -0.2) is 4.79 Å². The molecule has 0 saturated heterocycles. The Morgan fingerprint density at radius 1 is 1.71 bits per heavy atom. The Bertz CT molecular complexity index is 78.9. The van der Waals surface area contributed by atoms with Crippen LogP contribution in [-0.2, 0) is 21.9 Å². The van der Waals surface area contributed by atoms with E-state index in [1.165, 1.54) is 0 Å². The third kappa shape index (κ3) is 6.02. The van der Waals surface area contributed by atoms with Gasteiger partial charge in [0, 0.05) is 17.1 Å². The molecule has 0 amide bonds. The maximum atomic E-state index is 9.47. The van der Waals surface area contributed by atoms with Crippen LogP contribution in [0.1, 0.15) is 0 Å². The first-order valence-corrected chi connectivity index (χ1v) is 1.60. The maximum Gasteiger partial charge on any atom is 0.346 e. The number of rotatable bonds is 1. The average Bonchev–Trinajstić information content (AvgIpc) is 1.36. The SMILES string of the molecule is C=C(Cl)C(=O)O.[Cu]. The molecule has 0 bridgehead atoms. The second-order valence-electron chi connectivity index (χ2n) is 0.710. The van der Waals surface area contributed by atoms with Crippen LogP contribution in [0.3, 0.4) is 0 Å². The van der Waals surface area contributed by atoms with E-state index in [9.17, 15) is 4.79 Å². The van der Waals surface area contributed by atoms with Crippen LogP contribution in [-0.4, -0.2) is 11.1 Å². The van der Waals surface area contributed by atoms with Gasteiger partial charge in [0.1, 0.15) is 5.03 Å². The smallest absolute Gasteiger partial charge is 0.346 e. The molecule has 0 rings (SSSR count). The molecular weight excluding hydrogens is 167 g/mol. The zero-order valence-electron chi connectivity index (χ0n) is 3.24. The van der Waals surface area contributed by atoms with Gasteiger partial charge in [0.05, 0.1) is 0 Å². The minimum Gasteiger partial charge on any atom is -0.477 e. The van der Waals surface area contributed by atoms with Crippen LogP contribution >= 0.6 is 11.6 Å². The molecule has 2 nitrogen and oxygen atoms in total. The van der Waals surface area contributed by atoms with Crippen molar-refractivity contribution in [3.05, 3.63) is 11.6 Å². The molecule has 1 N–H and O–H groups in total. The molecule has 7 heavy (non-hydrogen) atoms. The van der Waals surface area contributed by atoms with E-state index in [2.05, 4.69) is 6.58 Å². The Hall–Kier alpha value is 0.0195. The van der Waals surface area contributed by atoms with E-state index >= 15 is 0 Å². The van der Waals surface area contributed by atoms with E-state index in [1.807, 2.05) is 0 Å². The number of carboxylic acids is 1. The standard InChI is InChI=1S/C3H3ClO2.Cu/c1-2(4)3(5)6;/h1H2,(H,5,6);. The molecule has 0 atom stereocenters. The molecule has 0 saturated carbocycles. The number of hydrogen-bond donors (Lipinski definition) is 1. The monoisotopic (exact) mass is 169 g/mol. The van der Waals surface area contributed by atoms with Crippen LogP contribution < -0.4 is 0 Å². The number of carbonyl (C=O) groups is 1. The van der Waals surface area contributed by atoms with E-state index in [1.54, 1.807) is 0 Å². The third-order valence-electron chi connectivity index (χ3n) is 0.232. The summed E-state index contributed by atoms with van der Waals surface area (Å²) in [6.45, 7) is 2.92. The zero-order valence-corrected chi connectivity index (χ0v) is 4.94. The summed E-state index contributed by atoms with van der Waals surface area (Å²) in [5.74, 6) is -1.17. The van der Waals surface area contributed by atoms with Crippen molar-refractivity contribution in [2.75, 3.05) is 0 Å². The largest absolute Gasteiger partial charge is 0.477 e. The second kappa shape index (κ2) is 4.19. The normalized spacial score (nSPS) is 6.43. The van der Waals surface area contributed by atoms with Gasteiger partial charge in [-0.15, -0.1) is 0 Å². The van der Waals surface area contributed by atoms with E-state index < -0.39 is 5.97 Å². The minimum atomic E-state index is -1.17. The van der Waals surface area contributed by atoms with Gasteiger partial charge in [0.25, 0.3) is 0 Å². The summed E-state index contributed by atoms with van der Waals surface area (Å²) < 4.78 is 0. The first kappa shape index (κ1) is 10.1. The minimum absolute atomic E-state index is 0. The summed E-state index contributed by atoms with van der Waals surface area (Å²) in [6.07, 6.45) is 0. The first-order valence-electron chi connectivity index (χ1n) is 1.22. The molecule has 0 aromatic carbocycles. The molecule has 0 fully saturated rings. The van der Waals surface area contributed by atoms with E-state index in [0.717, 1.165) is 0 Å². The van der Waals surface area contributed by atoms with E-state index in [0.29, 0.717) is 0 Å². The molecule has 0 aliphatic carbocycles. The van der Waals surface area contributed by atoms with Gasteiger partial charge in [-0.05, 0) is 0 Å². The van der Waals surface area contributed by atoms with Gasteiger partial charge < -0.3 is 5.11 Å². The van der Waals surface area contributed by atoms with Crippen molar-refractivity contribution in [3.63, 3.8) is 0 Å². The van der Waals surface area contributed by atoms with Gasteiger partial charge in [-0.2, -0.15) is 0 Å². The fourth-order valence-electron chi connectivity index (χ4n) is 0. The van der Waals surface area contributed by atoms with Crippen molar-refractivity contribution >= 4 is 17.6 Å². The summed E-state index contributed by atoms with van der Waals surface area (Å²) in [5, 5.41) is 7.41. The van der Waals surface area contributed by atoms with Crippen molar-refractivity contribution in [1.29, 1.82) is 0 Å². The average molecular weight is 170 g/mol.